The van der Waals surface area contributed by atoms with Crippen LogP contribution in [0.15, 0.2) is 22.7 Å². The molecule has 1 aromatic rings. The summed E-state index contributed by atoms with van der Waals surface area (Å²) in [6.07, 6.45) is 4.24. The summed E-state index contributed by atoms with van der Waals surface area (Å²) in [7, 11) is 0. The molecule has 19 heavy (non-hydrogen) atoms. The molecule has 0 unspecified atom stereocenters. The molecule has 0 spiro atoms. The van der Waals surface area contributed by atoms with Crippen molar-refractivity contribution < 1.29 is 4.79 Å². The third kappa shape index (κ3) is 3.65. The summed E-state index contributed by atoms with van der Waals surface area (Å²) >= 11 is 15.1. The molecule has 0 aliphatic heterocycles. The van der Waals surface area contributed by atoms with Gasteiger partial charge in [-0.25, -0.2) is 0 Å². The minimum atomic E-state index is 0.0761. The van der Waals surface area contributed by atoms with E-state index in [2.05, 4.69) is 15.9 Å². The van der Waals surface area contributed by atoms with Gasteiger partial charge < -0.3 is 4.90 Å². The predicted molar refractivity (Wildman–Crippen MR) is 83.2 cm³/mol. The normalized spacial score (nSPS) is 15.1. The van der Waals surface area contributed by atoms with Crippen molar-refractivity contribution >= 4 is 45.0 Å². The number of alkyl halides is 1. The van der Waals surface area contributed by atoms with Crippen molar-refractivity contribution in [1.82, 2.24) is 4.90 Å². The number of rotatable bonds is 5. The lowest BCUT2D eigenvalue weighted by Gasteiger charge is -2.37. The van der Waals surface area contributed by atoms with E-state index < -0.39 is 0 Å². The fourth-order valence-corrected chi connectivity index (χ4v) is 2.79. The molecule has 0 heterocycles. The van der Waals surface area contributed by atoms with Gasteiger partial charge in [0.05, 0.1) is 5.02 Å². The zero-order valence-electron chi connectivity index (χ0n) is 10.5. The lowest BCUT2D eigenvalue weighted by atomic mass is 9.91. The zero-order valence-corrected chi connectivity index (χ0v) is 13.6. The van der Waals surface area contributed by atoms with Crippen molar-refractivity contribution in [2.45, 2.75) is 31.7 Å². The summed E-state index contributed by atoms with van der Waals surface area (Å²) in [6, 6.07) is 5.70. The van der Waals surface area contributed by atoms with Crippen LogP contribution in [0.2, 0.25) is 5.02 Å². The van der Waals surface area contributed by atoms with E-state index >= 15 is 0 Å². The molecule has 2 rings (SSSR count). The highest BCUT2D eigenvalue weighted by Gasteiger charge is 2.29. The second-order valence-electron chi connectivity index (χ2n) is 4.75. The molecule has 0 bridgehead atoms. The Kier molecular flexibility index (Phi) is 5.55. The number of carbonyl (C=O) groups excluding carboxylic acids is 1. The lowest BCUT2D eigenvalue weighted by molar-refractivity contribution is 0.0580. The van der Waals surface area contributed by atoms with E-state index in [4.69, 9.17) is 23.2 Å². The first kappa shape index (κ1) is 15.1. The first-order chi connectivity index (χ1) is 9.13. The van der Waals surface area contributed by atoms with Crippen LogP contribution in [0.25, 0.3) is 0 Å². The average Bonchev–Trinajstić information content (AvgIpc) is 2.34. The average molecular weight is 365 g/mol. The van der Waals surface area contributed by atoms with Gasteiger partial charge in [0.2, 0.25) is 0 Å². The third-order valence-corrected chi connectivity index (χ3v) is 4.96. The fourth-order valence-electron chi connectivity index (χ4n) is 2.17. The molecular formula is C14H16BrCl2NO. The first-order valence-corrected chi connectivity index (χ1v) is 8.16. The fraction of sp³-hybridized carbons (Fsp3) is 0.500. The Labute approximate surface area is 132 Å². The van der Waals surface area contributed by atoms with Crippen molar-refractivity contribution in [3.05, 3.63) is 33.3 Å². The Hall–Kier alpha value is -0.250. The largest absolute Gasteiger partial charge is 0.336 e. The van der Waals surface area contributed by atoms with E-state index in [9.17, 15) is 4.79 Å². The van der Waals surface area contributed by atoms with Crippen LogP contribution in [0, 0.1) is 0 Å². The molecule has 1 aliphatic carbocycles. The quantitative estimate of drug-likeness (QED) is 0.692. The van der Waals surface area contributed by atoms with Crippen LogP contribution in [-0.2, 0) is 0 Å². The van der Waals surface area contributed by atoms with Gasteiger partial charge in [0, 0.05) is 28.5 Å². The molecule has 1 fully saturated rings. The number of hydrogen-bond acceptors (Lipinski definition) is 1. The maximum Gasteiger partial charge on any atom is 0.254 e. The Bertz CT molecular complexity index is 463. The molecule has 0 saturated heterocycles. The van der Waals surface area contributed by atoms with E-state index in [-0.39, 0.29) is 5.91 Å². The highest BCUT2D eigenvalue weighted by Crippen LogP contribution is 2.28. The van der Waals surface area contributed by atoms with Gasteiger partial charge >= 0.3 is 0 Å². The molecule has 0 N–H and O–H groups in total. The highest BCUT2D eigenvalue weighted by atomic mass is 79.9. The number of carbonyl (C=O) groups is 1. The molecule has 1 aromatic carbocycles. The van der Waals surface area contributed by atoms with Gasteiger partial charge in [-0.3, -0.25) is 4.79 Å². The van der Waals surface area contributed by atoms with E-state index in [1.165, 1.54) is 6.42 Å². The van der Waals surface area contributed by atoms with E-state index in [0.717, 1.165) is 30.3 Å². The third-order valence-electron chi connectivity index (χ3n) is 3.48. The van der Waals surface area contributed by atoms with Crippen LogP contribution in [0.5, 0.6) is 0 Å². The van der Waals surface area contributed by atoms with Crippen LogP contribution in [0.1, 0.15) is 36.0 Å². The van der Waals surface area contributed by atoms with E-state index in [1.807, 2.05) is 4.90 Å². The highest BCUT2D eigenvalue weighted by molar-refractivity contribution is 9.10. The Morgan fingerprint density at radius 3 is 2.68 bits per heavy atom. The topological polar surface area (TPSA) is 20.3 Å². The first-order valence-electron chi connectivity index (χ1n) is 6.45. The number of nitrogens with zero attached hydrogens (tertiary/aromatic N) is 1. The van der Waals surface area contributed by atoms with Crippen LogP contribution < -0.4 is 0 Å². The second-order valence-corrected chi connectivity index (χ2v) is 6.39. The van der Waals surface area contributed by atoms with Crippen molar-refractivity contribution in [3.63, 3.8) is 0 Å². The summed E-state index contributed by atoms with van der Waals surface area (Å²) in [5.74, 6) is 0.660. The Morgan fingerprint density at radius 2 is 2.16 bits per heavy atom. The number of hydrogen-bond donors (Lipinski definition) is 0. The zero-order chi connectivity index (χ0) is 13.8. The molecule has 0 radical (unpaired) electrons. The molecule has 5 heteroatoms. The van der Waals surface area contributed by atoms with Crippen LogP contribution in [0.3, 0.4) is 0 Å². The Balaban J connectivity index is 2.15. The number of amides is 1. The lowest BCUT2D eigenvalue weighted by Crippen LogP contribution is -2.44. The summed E-state index contributed by atoms with van der Waals surface area (Å²) in [4.78, 5) is 14.5. The number of benzene rings is 1. The van der Waals surface area contributed by atoms with Gasteiger partial charge in [-0.1, -0.05) is 11.6 Å². The van der Waals surface area contributed by atoms with Gasteiger partial charge in [0.15, 0.2) is 0 Å². The molecule has 1 aliphatic rings. The molecule has 1 amide bonds. The van der Waals surface area contributed by atoms with Crippen molar-refractivity contribution in [1.29, 1.82) is 0 Å². The summed E-state index contributed by atoms with van der Waals surface area (Å²) in [6.45, 7) is 0.729. The predicted octanol–water partition coefficient (Wildman–Crippen LogP) is 4.73. The standard InChI is InChI=1S/C14H16BrCl2NO/c15-12-9-10(5-6-13(12)17)14(19)18(8-2-7-16)11-3-1-4-11/h5-6,9,11H,1-4,7-8H2. The molecule has 1 saturated carbocycles. The van der Waals surface area contributed by atoms with Gasteiger partial charge in [-0.05, 0) is 59.8 Å². The summed E-state index contributed by atoms with van der Waals surface area (Å²) in [5.41, 5.74) is 0.678. The number of halogens is 3. The molecule has 0 atom stereocenters. The van der Waals surface area contributed by atoms with E-state index in [0.29, 0.717) is 22.5 Å². The maximum atomic E-state index is 12.6. The van der Waals surface area contributed by atoms with E-state index in [1.54, 1.807) is 18.2 Å². The van der Waals surface area contributed by atoms with Crippen LogP contribution in [0.4, 0.5) is 0 Å². The van der Waals surface area contributed by atoms with Gasteiger partial charge in [0.1, 0.15) is 0 Å². The van der Waals surface area contributed by atoms with Crippen LogP contribution in [-0.4, -0.2) is 29.3 Å². The van der Waals surface area contributed by atoms with Gasteiger partial charge in [-0.15, -0.1) is 11.6 Å². The SMILES string of the molecule is O=C(c1ccc(Cl)c(Br)c1)N(CCCCl)C1CCC1. The van der Waals surface area contributed by atoms with Crippen molar-refractivity contribution in [3.8, 4) is 0 Å². The molecular weight excluding hydrogens is 349 g/mol. The minimum absolute atomic E-state index is 0.0761. The van der Waals surface area contributed by atoms with Gasteiger partial charge in [0.25, 0.3) is 5.91 Å². The second kappa shape index (κ2) is 6.96. The van der Waals surface area contributed by atoms with Crippen molar-refractivity contribution in [2.75, 3.05) is 12.4 Å². The molecule has 104 valence electrons. The minimum Gasteiger partial charge on any atom is -0.336 e. The monoisotopic (exact) mass is 363 g/mol. The molecule has 0 aromatic heterocycles. The van der Waals surface area contributed by atoms with Crippen molar-refractivity contribution in [2.24, 2.45) is 0 Å². The van der Waals surface area contributed by atoms with Crippen LogP contribution >= 0.6 is 39.1 Å². The maximum absolute atomic E-state index is 12.6. The summed E-state index contributed by atoms with van der Waals surface area (Å²) in [5, 5.41) is 0.618. The van der Waals surface area contributed by atoms with Gasteiger partial charge in [-0.2, -0.15) is 0 Å². The summed E-state index contributed by atoms with van der Waals surface area (Å²) < 4.78 is 0.755. The molecule has 2 nitrogen and oxygen atoms in total. The Morgan fingerprint density at radius 1 is 1.42 bits per heavy atom. The smallest absolute Gasteiger partial charge is 0.254 e.